The third kappa shape index (κ3) is 2.82. The minimum absolute atomic E-state index is 0.114. The zero-order valence-electron chi connectivity index (χ0n) is 13.3. The lowest BCUT2D eigenvalue weighted by Gasteiger charge is -2.21. The zero-order valence-corrected chi connectivity index (χ0v) is 14.1. The molecule has 0 radical (unpaired) electrons. The minimum atomic E-state index is -3.67. The topological polar surface area (TPSA) is 66.5 Å². The summed E-state index contributed by atoms with van der Waals surface area (Å²) in [5, 5.41) is 2.70. The van der Waals surface area contributed by atoms with Gasteiger partial charge in [-0.05, 0) is 60.9 Å². The van der Waals surface area contributed by atoms with Crippen LogP contribution in [0.25, 0.3) is 0 Å². The maximum Gasteiger partial charge on any atom is 0.264 e. The van der Waals surface area contributed by atoms with Crippen molar-refractivity contribution in [3.63, 3.8) is 0 Å². The summed E-state index contributed by atoms with van der Waals surface area (Å²) in [4.78, 5) is 11.6. The van der Waals surface area contributed by atoms with Gasteiger partial charge in [-0.15, -0.1) is 0 Å². The number of carbonyl (C=O) groups excluding carboxylic acids is 1. The van der Waals surface area contributed by atoms with Crippen LogP contribution in [0, 0.1) is 13.8 Å². The molecule has 6 heteroatoms. The molecule has 0 atom stereocenters. The number of aryl methyl sites for hydroxylation is 2. The van der Waals surface area contributed by atoms with E-state index in [2.05, 4.69) is 5.32 Å². The predicted molar refractivity (Wildman–Crippen MR) is 90.3 cm³/mol. The Balaban J connectivity index is 2.01. The van der Waals surface area contributed by atoms with Gasteiger partial charge in [0.15, 0.2) is 0 Å². The molecule has 23 heavy (non-hydrogen) atoms. The van der Waals surface area contributed by atoms with Gasteiger partial charge in [-0.3, -0.25) is 9.10 Å². The summed E-state index contributed by atoms with van der Waals surface area (Å²) >= 11 is 0. The van der Waals surface area contributed by atoms with Gasteiger partial charge in [0.2, 0.25) is 5.91 Å². The highest BCUT2D eigenvalue weighted by molar-refractivity contribution is 7.92. The van der Waals surface area contributed by atoms with Crippen molar-refractivity contribution < 1.29 is 13.2 Å². The number of amides is 1. The van der Waals surface area contributed by atoms with Gasteiger partial charge in [-0.2, -0.15) is 0 Å². The summed E-state index contributed by atoms with van der Waals surface area (Å²) in [7, 11) is -2.13. The number of nitrogens with zero attached hydrogens (tertiary/aromatic N) is 1. The van der Waals surface area contributed by atoms with Crippen LogP contribution in [0.3, 0.4) is 0 Å². The molecule has 1 amide bonds. The molecule has 0 aromatic heterocycles. The summed E-state index contributed by atoms with van der Waals surface area (Å²) in [6.45, 7) is 3.87. The van der Waals surface area contributed by atoms with Gasteiger partial charge in [0.05, 0.1) is 17.0 Å². The van der Waals surface area contributed by atoms with E-state index in [1.54, 1.807) is 19.2 Å². The molecule has 1 heterocycles. The molecule has 0 aliphatic carbocycles. The van der Waals surface area contributed by atoms with Crippen LogP contribution in [-0.4, -0.2) is 21.4 Å². The predicted octanol–water partition coefficient (Wildman–Crippen LogP) is 2.62. The number of hydrogen-bond acceptors (Lipinski definition) is 3. The fourth-order valence-electron chi connectivity index (χ4n) is 2.80. The molecule has 0 saturated carbocycles. The largest absolute Gasteiger partial charge is 0.326 e. The van der Waals surface area contributed by atoms with E-state index in [9.17, 15) is 13.2 Å². The van der Waals surface area contributed by atoms with Crippen LogP contribution in [0.15, 0.2) is 41.3 Å². The van der Waals surface area contributed by atoms with E-state index in [1.807, 2.05) is 32.0 Å². The first-order chi connectivity index (χ1) is 10.8. The van der Waals surface area contributed by atoms with Gasteiger partial charge in [0, 0.05) is 12.7 Å². The molecule has 1 N–H and O–H groups in total. The lowest BCUT2D eigenvalue weighted by molar-refractivity contribution is -0.115. The van der Waals surface area contributed by atoms with Crippen molar-refractivity contribution in [2.24, 2.45) is 0 Å². The Hall–Kier alpha value is -2.34. The number of hydrogen-bond donors (Lipinski definition) is 1. The summed E-state index contributed by atoms with van der Waals surface area (Å²) in [5.41, 5.74) is 4.03. The van der Waals surface area contributed by atoms with E-state index in [-0.39, 0.29) is 17.2 Å². The van der Waals surface area contributed by atoms with E-state index in [1.165, 1.54) is 10.4 Å². The summed E-state index contributed by atoms with van der Waals surface area (Å²) in [6.07, 6.45) is 0.214. The second kappa shape index (κ2) is 5.38. The van der Waals surface area contributed by atoms with Gasteiger partial charge >= 0.3 is 0 Å². The smallest absolute Gasteiger partial charge is 0.264 e. The number of fused-ring (bicyclic) bond motifs is 1. The molecule has 0 spiro atoms. The van der Waals surface area contributed by atoms with Gasteiger partial charge in [0.1, 0.15) is 0 Å². The number of nitrogens with one attached hydrogen (secondary N) is 1. The number of carbonyl (C=O) groups is 1. The van der Waals surface area contributed by atoms with E-state index in [0.717, 1.165) is 11.1 Å². The van der Waals surface area contributed by atoms with Gasteiger partial charge in [-0.25, -0.2) is 8.42 Å². The summed E-state index contributed by atoms with van der Waals surface area (Å²) < 4.78 is 27.0. The quantitative estimate of drug-likeness (QED) is 0.941. The molecule has 0 unspecified atom stereocenters. The summed E-state index contributed by atoms with van der Waals surface area (Å²) in [5.74, 6) is -0.114. The van der Waals surface area contributed by atoms with Crippen LogP contribution < -0.4 is 9.62 Å². The van der Waals surface area contributed by atoms with E-state index < -0.39 is 10.0 Å². The fourth-order valence-corrected chi connectivity index (χ4v) is 4.03. The summed E-state index contributed by atoms with van der Waals surface area (Å²) in [6, 6.07) is 10.4. The second-order valence-electron chi connectivity index (χ2n) is 5.86. The molecular formula is C17H18N2O3S. The zero-order chi connectivity index (χ0) is 16.8. The van der Waals surface area contributed by atoms with Crippen molar-refractivity contribution in [2.75, 3.05) is 16.7 Å². The number of sulfonamides is 1. The Kier molecular flexibility index (Phi) is 3.64. The lowest BCUT2D eigenvalue weighted by Crippen LogP contribution is -2.26. The average Bonchev–Trinajstić information content (AvgIpc) is 2.84. The number of anilines is 2. The molecule has 0 saturated heterocycles. The van der Waals surface area contributed by atoms with Crippen molar-refractivity contribution in [2.45, 2.75) is 25.2 Å². The highest BCUT2D eigenvalue weighted by Crippen LogP contribution is 2.29. The third-order valence-electron chi connectivity index (χ3n) is 3.93. The van der Waals surface area contributed by atoms with Crippen molar-refractivity contribution >= 4 is 27.3 Å². The van der Waals surface area contributed by atoms with Crippen LogP contribution in [0.5, 0.6) is 0 Å². The maximum atomic E-state index is 12.9. The van der Waals surface area contributed by atoms with Crippen LogP contribution in [0.1, 0.15) is 16.7 Å². The van der Waals surface area contributed by atoms with Crippen molar-refractivity contribution in [1.82, 2.24) is 0 Å². The third-order valence-corrected chi connectivity index (χ3v) is 5.71. The Morgan fingerprint density at radius 1 is 1.04 bits per heavy atom. The van der Waals surface area contributed by atoms with E-state index in [4.69, 9.17) is 0 Å². The van der Waals surface area contributed by atoms with Crippen molar-refractivity contribution in [1.29, 1.82) is 0 Å². The first kappa shape index (κ1) is 15.6. The maximum absolute atomic E-state index is 12.9. The fraction of sp³-hybridized carbons (Fsp3) is 0.235. The molecule has 2 aromatic rings. The first-order valence-electron chi connectivity index (χ1n) is 7.27. The normalized spacial score (nSPS) is 13.6. The molecule has 0 bridgehead atoms. The Bertz CT molecular complexity index is 884. The van der Waals surface area contributed by atoms with Crippen LogP contribution in [0.2, 0.25) is 0 Å². The standard InChI is InChI=1S/C17H18N2O3S/c1-11-6-12(2)8-14(7-11)19(3)23(21,22)15-4-5-16-13(9-15)10-17(20)18-16/h4-9H,10H2,1-3H3,(H,18,20). The van der Waals surface area contributed by atoms with Gasteiger partial charge < -0.3 is 5.32 Å². The monoisotopic (exact) mass is 330 g/mol. The molecule has 2 aromatic carbocycles. The first-order valence-corrected chi connectivity index (χ1v) is 8.71. The Morgan fingerprint density at radius 2 is 1.70 bits per heavy atom. The minimum Gasteiger partial charge on any atom is -0.326 e. The SMILES string of the molecule is Cc1cc(C)cc(N(C)S(=O)(=O)c2ccc3c(c2)CC(=O)N3)c1. The Labute approximate surface area is 136 Å². The number of benzene rings is 2. The second-order valence-corrected chi connectivity index (χ2v) is 7.83. The molecule has 1 aliphatic heterocycles. The van der Waals surface area contributed by atoms with Gasteiger partial charge in [0.25, 0.3) is 10.0 Å². The highest BCUT2D eigenvalue weighted by Gasteiger charge is 2.25. The van der Waals surface area contributed by atoms with Crippen LogP contribution in [-0.2, 0) is 21.2 Å². The van der Waals surface area contributed by atoms with Crippen LogP contribution >= 0.6 is 0 Å². The highest BCUT2D eigenvalue weighted by atomic mass is 32.2. The molecule has 5 nitrogen and oxygen atoms in total. The molecular weight excluding hydrogens is 312 g/mol. The molecule has 120 valence electrons. The molecule has 0 fully saturated rings. The van der Waals surface area contributed by atoms with Crippen molar-refractivity contribution in [3.8, 4) is 0 Å². The van der Waals surface area contributed by atoms with E-state index >= 15 is 0 Å². The van der Waals surface area contributed by atoms with Crippen molar-refractivity contribution in [3.05, 3.63) is 53.1 Å². The number of rotatable bonds is 3. The lowest BCUT2D eigenvalue weighted by atomic mass is 10.1. The molecule has 1 aliphatic rings. The van der Waals surface area contributed by atoms with Gasteiger partial charge in [-0.1, -0.05) is 6.07 Å². The average molecular weight is 330 g/mol. The van der Waals surface area contributed by atoms with E-state index in [0.29, 0.717) is 16.9 Å². The Morgan fingerprint density at radius 3 is 2.35 bits per heavy atom. The van der Waals surface area contributed by atoms with Crippen LogP contribution in [0.4, 0.5) is 11.4 Å². The molecule has 3 rings (SSSR count).